The van der Waals surface area contributed by atoms with Crippen molar-refractivity contribution in [2.24, 2.45) is 0 Å². The van der Waals surface area contributed by atoms with Gasteiger partial charge in [-0.1, -0.05) is 24.2 Å². The molecule has 4 aliphatic rings. The topological polar surface area (TPSA) is 69.4 Å². The normalized spacial score (nSPS) is 21.3. The highest BCUT2D eigenvalue weighted by Crippen LogP contribution is 2.43. The van der Waals surface area contributed by atoms with E-state index in [1.54, 1.807) is 4.90 Å². The molecule has 14 heteroatoms. The minimum absolute atomic E-state index is 0.0228. The minimum Gasteiger partial charge on any atom is -0.461 e. The fourth-order valence-corrected chi connectivity index (χ4v) is 7.65. The molecule has 1 amide bonds. The zero-order chi connectivity index (χ0) is 31.9. The van der Waals surface area contributed by atoms with Crippen molar-refractivity contribution in [2.45, 2.75) is 56.4 Å². The lowest BCUT2D eigenvalue weighted by molar-refractivity contribution is -0.137. The van der Waals surface area contributed by atoms with Crippen molar-refractivity contribution in [1.29, 1.82) is 0 Å². The van der Waals surface area contributed by atoms with Gasteiger partial charge in [-0.25, -0.2) is 11.0 Å². The molecule has 4 aliphatic heterocycles. The summed E-state index contributed by atoms with van der Waals surface area (Å²) in [6, 6.07) is 3.68. The third-order valence-electron chi connectivity index (χ3n) is 9.50. The average molecular weight is 648 g/mol. The number of ether oxygens (including phenoxy) is 1. The monoisotopic (exact) mass is 647 g/mol. The first-order chi connectivity index (χ1) is 21.5. The maximum absolute atomic E-state index is 14.1. The van der Waals surface area contributed by atoms with E-state index in [2.05, 4.69) is 16.3 Å². The summed E-state index contributed by atoms with van der Waals surface area (Å²) in [5.74, 6) is -1.36. The van der Waals surface area contributed by atoms with Crippen LogP contribution in [0, 0.1) is 6.57 Å². The van der Waals surface area contributed by atoms with Crippen molar-refractivity contribution >= 4 is 29.0 Å². The number of hydrogen-bond donors (Lipinski definition) is 0. The summed E-state index contributed by atoms with van der Waals surface area (Å²) in [6.45, 7) is 14.0. The zero-order valence-electron chi connectivity index (χ0n) is 24.8. The van der Waals surface area contributed by atoms with E-state index in [4.69, 9.17) is 32.9 Å². The van der Waals surface area contributed by atoms with Gasteiger partial charge in [-0.2, -0.15) is 23.1 Å². The molecule has 3 saturated heterocycles. The van der Waals surface area contributed by atoms with Crippen LogP contribution in [0.4, 0.5) is 29.1 Å². The number of benzene rings is 1. The Morgan fingerprint density at radius 2 is 1.89 bits per heavy atom. The number of rotatable bonds is 7. The second-order valence-corrected chi connectivity index (χ2v) is 12.5. The highest BCUT2D eigenvalue weighted by Gasteiger charge is 2.45. The summed E-state index contributed by atoms with van der Waals surface area (Å²) < 4.78 is 62.3. The predicted molar refractivity (Wildman–Crippen MR) is 161 cm³/mol. The Hall–Kier alpha value is -3.63. The first-order valence-electron chi connectivity index (χ1n) is 15.1. The van der Waals surface area contributed by atoms with Gasteiger partial charge >= 0.3 is 12.2 Å². The molecule has 5 heterocycles. The molecule has 1 aromatic heterocycles. The third-order valence-corrected chi connectivity index (χ3v) is 9.81. The quantitative estimate of drug-likeness (QED) is 0.234. The summed E-state index contributed by atoms with van der Waals surface area (Å²) in [5, 5.41) is -0.371. The number of fused-ring (bicyclic) bond motifs is 2. The van der Waals surface area contributed by atoms with Crippen LogP contribution in [0.25, 0.3) is 4.85 Å². The number of halogens is 5. The number of alkyl halides is 3. The molecule has 0 bridgehead atoms. The Kier molecular flexibility index (Phi) is 8.56. The Bertz CT molecular complexity index is 1520. The second kappa shape index (κ2) is 12.3. The van der Waals surface area contributed by atoms with Gasteiger partial charge in [0.1, 0.15) is 18.5 Å². The molecule has 45 heavy (non-hydrogen) atoms. The minimum atomic E-state index is -4.65. The van der Waals surface area contributed by atoms with Crippen LogP contribution < -0.4 is 14.5 Å². The first kappa shape index (κ1) is 31.4. The number of anilines is 2. The Morgan fingerprint density at radius 1 is 1.13 bits per heavy atom. The fourth-order valence-electron chi connectivity index (χ4n) is 7.37. The van der Waals surface area contributed by atoms with E-state index in [0.29, 0.717) is 31.1 Å². The van der Waals surface area contributed by atoms with Crippen LogP contribution in [0.15, 0.2) is 30.6 Å². The van der Waals surface area contributed by atoms with Crippen LogP contribution in [-0.4, -0.2) is 89.7 Å². The molecule has 2 aromatic rings. The summed E-state index contributed by atoms with van der Waals surface area (Å²) in [6.07, 6.45) is -0.0877. The van der Waals surface area contributed by atoms with Crippen molar-refractivity contribution in [3.63, 3.8) is 0 Å². The Morgan fingerprint density at radius 3 is 2.58 bits per heavy atom. The summed E-state index contributed by atoms with van der Waals surface area (Å²) in [4.78, 5) is 32.9. The highest BCUT2D eigenvalue weighted by molar-refractivity contribution is 6.31. The van der Waals surface area contributed by atoms with Gasteiger partial charge in [0, 0.05) is 31.7 Å². The van der Waals surface area contributed by atoms with E-state index in [1.165, 1.54) is 23.1 Å². The van der Waals surface area contributed by atoms with Crippen LogP contribution >= 0.6 is 11.6 Å². The molecule has 0 spiro atoms. The molecule has 240 valence electrons. The number of aromatic nitrogens is 2. The van der Waals surface area contributed by atoms with Crippen molar-refractivity contribution in [2.75, 3.05) is 62.2 Å². The van der Waals surface area contributed by atoms with Gasteiger partial charge in [-0.15, -0.1) is 0 Å². The van der Waals surface area contributed by atoms with E-state index >= 15 is 0 Å². The van der Waals surface area contributed by atoms with Gasteiger partial charge in [-0.3, -0.25) is 9.69 Å². The number of nitrogens with zero attached hydrogens (tertiary/aromatic N) is 7. The highest BCUT2D eigenvalue weighted by atomic mass is 35.5. The van der Waals surface area contributed by atoms with Crippen molar-refractivity contribution < 1.29 is 27.1 Å². The molecular weight excluding hydrogens is 614 g/mol. The predicted octanol–water partition coefficient (Wildman–Crippen LogP) is 5.14. The smallest absolute Gasteiger partial charge is 0.419 e. The van der Waals surface area contributed by atoms with Crippen LogP contribution in [0.5, 0.6) is 6.01 Å². The van der Waals surface area contributed by atoms with E-state index in [0.717, 1.165) is 44.3 Å². The van der Waals surface area contributed by atoms with Gasteiger partial charge in [-0.05, 0) is 57.3 Å². The molecule has 1 aromatic carbocycles. The zero-order valence-corrected chi connectivity index (χ0v) is 25.5. The van der Waals surface area contributed by atoms with Gasteiger partial charge in [0.05, 0.1) is 34.1 Å². The van der Waals surface area contributed by atoms with Gasteiger partial charge in [0.25, 0.3) is 5.91 Å². The molecule has 0 unspecified atom stereocenters. The number of carbonyl (C=O) groups is 1. The molecule has 0 saturated carbocycles. The van der Waals surface area contributed by atoms with Gasteiger partial charge in [0.2, 0.25) is 6.54 Å². The van der Waals surface area contributed by atoms with E-state index in [9.17, 15) is 22.4 Å². The van der Waals surface area contributed by atoms with Gasteiger partial charge in [0.15, 0.2) is 5.83 Å². The molecule has 3 fully saturated rings. The molecule has 6 rings (SSSR count). The standard InChI is InChI=1S/C31H34ClF4N7O2/c1-20(33)28(44)43-15-14-41(17-21(43)16-37-2)27-22-8-13-40(25-7-3-6-23(32)26(25)31(34,35)36)18-24(22)38-29(39-27)45-19-30-9-4-11-42(30)12-5-10-30/h3,6-7,21H,1,4-5,8-19H2/t21-/m0/s1. The Labute approximate surface area is 264 Å². The van der Waals surface area contributed by atoms with Gasteiger partial charge < -0.3 is 24.3 Å². The van der Waals surface area contributed by atoms with Crippen LogP contribution in [0.1, 0.15) is 42.5 Å². The molecule has 0 radical (unpaired) electrons. The maximum Gasteiger partial charge on any atom is 0.419 e. The van der Waals surface area contributed by atoms with E-state index < -0.39 is 29.5 Å². The van der Waals surface area contributed by atoms with Crippen LogP contribution in [-0.2, 0) is 23.9 Å². The van der Waals surface area contributed by atoms with Crippen molar-refractivity contribution in [3.8, 4) is 6.01 Å². The molecule has 0 aliphatic carbocycles. The van der Waals surface area contributed by atoms with Crippen LogP contribution in [0.3, 0.4) is 0 Å². The molecule has 1 atom stereocenters. The second-order valence-electron chi connectivity index (χ2n) is 12.1. The van der Waals surface area contributed by atoms with E-state index in [1.807, 2.05) is 4.90 Å². The number of amides is 1. The average Bonchev–Trinajstić information content (AvgIpc) is 3.59. The van der Waals surface area contributed by atoms with Crippen molar-refractivity contribution in [3.05, 3.63) is 63.9 Å². The third kappa shape index (κ3) is 6.02. The number of piperazine rings is 1. The first-order valence-corrected chi connectivity index (χ1v) is 15.5. The van der Waals surface area contributed by atoms with Crippen molar-refractivity contribution in [1.82, 2.24) is 19.8 Å². The molecule has 0 N–H and O–H groups in total. The number of carbonyl (C=O) groups excluding carboxylic acids is 1. The lowest BCUT2D eigenvalue weighted by atomic mass is 9.95. The molecular formula is C31H34ClF4N7O2. The van der Waals surface area contributed by atoms with E-state index in [-0.39, 0.29) is 55.0 Å². The fraction of sp³-hybridized carbons (Fsp3) is 0.548. The summed E-state index contributed by atoms with van der Waals surface area (Å²) in [5.41, 5.74) is 0.325. The van der Waals surface area contributed by atoms with Crippen LogP contribution in [0.2, 0.25) is 5.02 Å². The largest absolute Gasteiger partial charge is 0.461 e. The lowest BCUT2D eigenvalue weighted by Gasteiger charge is -2.41. The number of hydrogen-bond acceptors (Lipinski definition) is 7. The lowest BCUT2D eigenvalue weighted by Crippen LogP contribution is -2.57. The maximum atomic E-state index is 14.1. The SMILES string of the molecule is [C-]#[N+]C[C@H]1CN(c2nc(OCC34CCCN3CCC4)nc3c2CCN(c2cccc(Cl)c2C(F)(F)F)C3)CCN1C(=O)C(=C)F. The summed E-state index contributed by atoms with van der Waals surface area (Å²) in [7, 11) is 0. The Balaban J connectivity index is 1.34. The molecule has 9 nitrogen and oxygen atoms in total. The summed E-state index contributed by atoms with van der Waals surface area (Å²) >= 11 is 6.04.